The minimum absolute atomic E-state index is 0. The molecule has 17 nitrogen and oxygen atoms in total. The molecule has 7 N–H and O–H groups in total. The molecule has 7 rings (SSSR count). The number of hydrogen-bond donors (Lipinski definition) is 6. The number of nitrogens with one attached hydrogen (secondary N) is 1. The lowest BCUT2D eigenvalue weighted by Crippen LogP contribution is -2.17. The van der Waals surface area contributed by atoms with Gasteiger partial charge in [0, 0.05) is 76.4 Å². The van der Waals surface area contributed by atoms with Gasteiger partial charge in [0.1, 0.15) is 0 Å². The molecular weight excluding hydrogens is 1020 g/mol. The summed E-state index contributed by atoms with van der Waals surface area (Å²) in [4.78, 5) is 24.1. The molecule has 2 heterocycles. The topological polar surface area (TPSA) is 271 Å². The summed E-state index contributed by atoms with van der Waals surface area (Å²) in [6, 6.07) is 22.1. The number of nitrogens with zero attached hydrogens (tertiary/aromatic N) is 2. The minimum atomic E-state index is -4.19. The molecule has 2 saturated heterocycles. The Morgan fingerprint density at radius 3 is 1.46 bits per heavy atom. The number of phenols is 3. The van der Waals surface area contributed by atoms with E-state index in [0.717, 1.165) is 61.6 Å². The number of carbonyl (C=O) groups excluding carboxylic acids is 2. The first-order chi connectivity index (χ1) is 30.9. The number of anilines is 4. The van der Waals surface area contributed by atoms with Crippen molar-refractivity contribution in [2.45, 2.75) is 57.8 Å². The van der Waals surface area contributed by atoms with E-state index in [2.05, 4.69) is 37.3 Å². The fourth-order valence-electron chi connectivity index (χ4n) is 5.90. The summed E-state index contributed by atoms with van der Waals surface area (Å²) < 4.78 is 118. The Morgan fingerprint density at radius 2 is 1.04 bits per heavy atom. The van der Waals surface area contributed by atoms with Gasteiger partial charge in [-0.1, -0.05) is 28.3 Å². The number of halogens is 5. The Balaban J connectivity index is 0.000000903. The van der Waals surface area contributed by atoms with Crippen LogP contribution in [-0.4, -0.2) is 91.0 Å². The van der Waals surface area contributed by atoms with Crippen LogP contribution in [-0.2, 0) is 28.4 Å². The van der Waals surface area contributed by atoms with Crippen LogP contribution >= 0.6 is 21.4 Å². The standard InChI is InChI=1S/C17H19FN2O4S.C10H14N2.C7H4ClFO4S.C7H5FO2.3CH4.ClHO3S/c1-24-16-11-14(10-15(18)17(16)21)25(22,23)19-12-4-6-13(7-5-12)20-8-2-3-9-20;11-9-3-5-10(6-4-9)12-7-1-2-8-12;8-14(12,13)5-1-4(3-10)7(11)6(9)2-5;8-6-3-1-2-5(4-9)7(6)10;;;;1-5(2,3)4/h4-7,10-11,19,21H,2-3,8-9H2,1H3;3-6H,1-2,7-8,11H2;1-3,11H;1-4,10H;3*1H4;(H,2,3,4). The quantitative estimate of drug-likeness (QED) is 0.0347. The zero-order valence-electron chi connectivity index (χ0n) is 34.5. The van der Waals surface area contributed by atoms with Crippen LogP contribution in [0.3, 0.4) is 0 Å². The second-order valence-electron chi connectivity index (χ2n) is 13.7. The third kappa shape index (κ3) is 20.3. The van der Waals surface area contributed by atoms with Gasteiger partial charge in [-0.25, -0.2) is 30.0 Å². The molecule has 0 amide bonds. The number of ether oxygens (including phenoxy) is 1. The summed E-state index contributed by atoms with van der Waals surface area (Å²) in [5, 5.41) is 27.2. The average molecular weight is 1070 g/mol. The molecule has 0 spiro atoms. The van der Waals surface area contributed by atoms with E-state index in [1.165, 1.54) is 50.9 Å². The number of carbonyl (C=O) groups is 2. The number of nitrogens with two attached hydrogens (primary N) is 1. The zero-order valence-corrected chi connectivity index (χ0v) is 38.5. The maximum atomic E-state index is 13.7. The van der Waals surface area contributed by atoms with Crippen molar-refractivity contribution in [1.29, 1.82) is 0 Å². The van der Waals surface area contributed by atoms with Crippen molar-refractivity contribution in [1.82, 2.24) is 0 Å². The van der Waals surface area contributed by atoms with Gasteiger partial charge >= 0.3 is 9.33 Å². The summed E-state index contributed by atoms with van der Waals surface area (Å²) in [5.74, 6) is -5.51. The second-order valence-corrected chi connectivity index (χ2v) is 19.9. The van der Waals surface area contributed by atoms with Gasteiger partial charge in [-0.05, 0) is 105 Å². The number of rotatable bonds is 9. The number of aromatic hydroxyl groups is 3. The van der Waals surface area contributed by atoms with Gasteiger partial charge in [0.2, 0.25) is 0 Å². The summed E-state index contributed by atoms with van der Waals surface area (Å²) in [5.41, 5.74) is 8.67. The highest BCUT2D eigenvalue weighted by atomic mass is 35.7. The Hall–Kier alpha value is -5.98. The van der Waals surface area contributed by atoms with Crippen LogP contribution < -0.4 is 25.0 Å². The number of methoxy groups -OCH3 is 1. The molecule has 382 valence electrons. The number of aldehydes is 2. The fraction of sp³-hybridized carbons (Fsp3) is 0.273. The predicted molar refractivity (Wildman–Crippen MR) is 263 cm³/mol. The lowest BCUT2D eigenvalue weighted by molar-refractivity contribution is 0.111. The molecule has 5 aromatic carbocycles. The summed E-state index contributed by atoms with van der Waals surface area (Å²) in [6.07, 6.45) is 5.49. The zero-order chi connectivity index (χ0) is 49.4. The highest BCUT2D eigenvalue weighted by Gasteiger charge is 2.21. The van der Waals surface area contributed by atoms with Gasteiger partial charge in [-0.2, -0.15) is 8.42 Å². The normalized spacial score (nSPS) is 12.7. The molecule has 0 bridgehead atoms. The molecule has 0 unspecified atom stereocenters. The van der Waals surface area contributed by atoms with Crippen molar-refractivity contribution in [2.75, 3.05) is 53.5 Å². The van der Waals surface area contributed by atoms with Crippen LogP contribution in [0.15, 0.2) is 101 Å². The maximum Gasteiger partial charge on any atom is 0.353 e. The number of phenolic OH excluding ortho intramolecular Hbond substituents is 3. The van der Waals surface area contributed by atoms with E-state index in [0.29, 0.717) is 18.0 Å². The molecule has 69 heavy (non-hydrogen) atoms. The van der Waals surface area contributed by atoms with Gasteiger partial charge in [0.15, 0.2) is 53.0 Å². The molecular formula is C44H55Cl2F3N4O13S3. The van der Waals surface area contributed by atoms with Crippen LogP contribution in [0.1, 0.15) is 68.7 Å². The molecule has 25 heteroatoms. The van der Waals surface area contributed by atoms with E-state index in [-0.39, 0.29) is 44.8 Å². The van der Waals surface area contributed by atoms with Crippen molar-refractivity contribution >= 4 is 85.1 Å². The number of nitrogen functional groups attached to an aromatic ring is 1. The molecule has 0 saturated carbocycles. The van der Waals surface area contributed by atoms with E-state index in [9.17, 15) is 44.7 Å². The molecule has 5 aromatic rings. The number of sulfonamides is 1. The molecule has 0 radical (unpaired) electrons. The van der Waals surface area contributed by atoms with E-state index in [4.69, 9.17) is 44.3 Å². The molecule has 2 fully saturated rings. The van der Waals surface area contributed by atoms with Crippen LogP contribution in [0.4, 0.5) is 35.9 Å². The van der Waals surface area contributed by atoms with Gasteiger partial charge in [-0.15, -0.1) is 0 Å². The highest BCUT2D eigenvalue weighted by Crippen LogP contribution is 2.33. The van der Waals surface area contributed by atoms with Crippen molar-refractivity contribution in [3.05, 3.63) is 120 Å². The minimum Gasteiger partial charge on any atom is -0.504 e. The van der Waals surface area contributed by atoms with Crippen LogP contribution in [0.25, 0.3) is 0 Å². The molecule has 0 aromatic heterocycles. The Kier molecular flexibility index (Phi) is 26.0. The van der Waals surface area contributed by atoms with E-state index < -0.39 is 73.6 Å². The third-order valence-electron chi connectivity index (χ3n) is 9.11. The van der Waals surface area contributed by atoms with Crippen LogP contribution in [0.2, 0.25) is 0 Å². The molecule has 2 aliphatic heterocycles. The first-order valence-corrected chi connectivity index (χ1v) is 25.0. The van der Waals surface area contributed by atoms with E-state index in [1.807, 2.05) is 24.3 Å². The number of benzene rings is 5. The number of para-hydroxylation sites is 1. The lowest BCUT2D eigenvalue weighted by Gasteiger charge is -2.18. The van der Waals surface area contributed by atoms with Gasteiger partial charge < -0.3 is 35.6 Å². The molecule has 2 aliphatic rings. The largest absolute Gasteiger partial charge is 0.504 e. The molecule has 0 atom stereocenters. The van der Waals surface area contributed by atoms with Crippen LogP contribution in [0, 0.1) is 17.5 Å². The van der Waals surface area contributed by atoms with Crippen molar-refractivity contribution in [2.24, 2.45) is 0 Å². The Bertz CT molecular complexity index is 2780. The fourth-order valence-corrected chi connectivity index (χ4v) is 7.77. The third-order valence-corrected chi connectivity index (χ3v) is 11.8. The SMILES string of the molecule is C.C.C.COc1cc(S(=O)(=O)Nc2ccc(N3CCCC3)cc2)cc(F)c1O.Nc1ccc(N2CCCC2)cc1.O=Cc1cc(S(=O)(=O)Cl)cc(F)c1O.O=Cc1cccc(F)c1O.O=S(=O)(O)Cl. The van der Waals surface area contributed by atoms with Gasteiger partial charge in [0.25, 0.3) is 19.1 Å². The molecule has 0 aliphatic carbocycles. The predicted octanol–water partition coefficient (Wildman–Crippen LogP) is 9.36. The van der Waals surface area contributed by atoms with E-state index in [1.54, 1.807) is 12.1 Å². The monoisotopic (exact) mass is 1070 g/mol. The average Bonchev–Trinajstić information content (AvgIpc) is 4.00. The smallest absolute Gasteiger partial charge is 0.353 e. The summed E-state index contributed by atoms with van der Waals surface area (Å²) >= 11 is 0. The Morgan fingerprint density at radius 1 is 0.623 bits per heavy atom. The second kappa shape index (κ2) is 28.5. The van der Waals surface area contributed by atoms with Crippen molar-refractivity contribution < 1.29 is 72.6 Å². The first kappa shape index (κ1) is 63.0. The first-order valence-electron chi connectivity index (χ1n) is 18.9. The maximum absolute atomic E-state index is 13.7. The van der Waals surface area contributed by atoms with Crippen LogP contribution in [0.5, 0.6) is 23.0 Å². The Labute approximate surface area is 409 Å². The summed E-state index contributed by atoms with van der Waals surface area (Å²) in [7, 11) is -2.12. The lowest BCUT2D eigenvalue weighted by atomic mass is 10.2. The van der Waals surface area contributed by atoms with E-state index >= 15 is 0 Å². The highest BCUT2D eigenvalue weighted by molar-refractivity contribution is 8.13. The van der Waals surface area contributed by atoms with Gasteiger partial charge in [-0.3, -0.25) is 18.9 Å². The summed E-state index contributed by atoms with van der Waals surface area (Å²) in [6.45, 7) is 4.39. The van der Waals surface area contributed by atoms with Crippen molar-refractivity contribution in [3.8, 4) is 23.0 Å². The number of hydrogen-bond acceptors (Lipinski definition) is 15. The van der Waals surface area contributed by atoms with Gasteiger partial charge in [0.05, 0.1) is 28.0 Å². The van der Waals surface area contributed by atoms with Crippen molar-refractivity contribution in [3.63, 3.8) is 0 Å².